The third-order valence-electron chi connectivity index (χ3n) is 5.81. The Morgan fingerprint density at radius 3 is 2.68 bits per heavy atom. The summed E-state index contributed by atoms with van der Waals surface area (Å²) < 4.78 is 14.4. The third kappa shape index (κ3) is 2.94. The second kappa shape index (κ2) is 6.24. The molecule has 1 N–H and O–H groups in total. The van der Waals surface area contributed by atoms with Crippen molar-refractivity contribution in [2.45, 2.75) is 36.8 Å². The Bertz CT molecular complexity index is 979. The SMILES string of the molecule is O=C(CN1C[C@]2(C[C@@H]2F)c2cc(C3CC3)ccc2C1=O)Nc1ncc(Cl)cn1. The summed E-state index contributed by atoms with van der Waals surface area (Å²) in [5.74, 6) is -0.0236. The summed E-state index contributed by atoms with van der Waals surface area (Å²) >= 11 is 5.73. The van der Waals surface area contributed by atoms with Gasteiger partial charge in [0.2, 0.25) is 11.9 Å². The van der Waals surface area contributed by atoms with Crippen LogP contribution in [0.15, 0.2) is 30.6 Å². The molecule has 2 atom stereocenters. The van der Waals surface area contributed by atoms with Gasteiger partial charge in [-0.2, -0.15) is 0 Å². The van der Waals surface area contributed by atoms with Gasteiger partial charge in [0.1, 0.15) is 12.7 Å². The molecule has 3 aliphatic rings. The van der Waals surface area contributed by atoms with Crippen molar-refractivity contribution in [1.82, 2.24) is 14.9 Å². The lowest BCUT2D eigenvalue weighted by molar-refractivity contribution is -0.117. The summed E-state index contributed by atoms with van der Waals surface area (Å²) in [7, 11) is 0. The molecule has 2 aliphatic carbocycles. The topological polar surface area (TPSA) is 75.2 Å². The number of fused-ring (bicyclic) bond motifs is 2. The molecule has 1 spiro atoms. The number of carbonyl (C=O) groups is 2. The molecule has 144 valence electrons. The minimum atomic E-state index is -0.987. The van der Waals surface area contributed by atoms with Crippen LogP contribution in [0.25, 0.3) is 0 Å². The van der Waals surface area contributed by atoms with Crippen LogP contribution in [-0.2, 0) is 10.2 Å². The molecular formula is C20H18ClFN4O2. The average molecular weight is 401 g/mol. The fraction of sp³-hybridized carbons (Fsp3) is 0.400. The minimum Gasteiger partial charge on any atom is -0.328 e. The van der Waals surface area contributed by atoms with Crippen molar-refractivity contribution in [1.29, 1.82) is 0 Å². The fourth-order valence-electron chi connectivity index (χ4n) is 4.04. The monoisotopic (exact) mass is 400 g/mol. The standard InChI is InChI=1S/C20H18ClFN4O2/c21-13-7-23-19(24-8-13)25-17(27)9-26-10-20(6-16(20)22)15-5-12(11-1-2-11)3-4-14(15)18(26)28/h3-5,7-8,11,16H,1-2,6,9-10H2,(H,23,24,25,27)/t16-,20+/m0/s1. The number of rotatable bonds is 4. The number of aromatic nitrogens is 2. The van der Waals surface area contributed by atoms with E-state index < -0.39 is 17.5 Å². The average Bonchev–Trinajstić information content (AvgIpc) is 3.59. The molecule has 1 aromatic heterocycles. The lowest BCUT2D eigenvalue weighted by Gasteiger charge is -2.34. The van der Waals surface area contributed by atoms with Crippen LogP contribution in [0, 0.1) is 0 Å². The number of benzene rings is 1. The van der Waals surface area contributed by atoms with Gasteiger partial charge in [0, 0.05) is 17.5 Å². The van der Waals surface area contributed by atoms with E-state index in [1.54, 1.807) is 6.07 Å². The van der Waals surface area contributed by atoms with Crippen LogP contribution < -0.4 is 5.32 Å². The first-order valence-electron chi connectivity index (χ1n) is 9.31. The van der Waals surface area contributed by atoms with Gasteiger partial charge in [0.05, 0.1) is 17.4 Å². The molecule has 1 aliphatic heterocycles. The molecule has 2 heterocycles. The molecule has 1 aromatic carbocycles. The van der Waals surface area contributed by atoms with E-state index in [9.17, 15) is 14.0 Å². The van der Waals surface area contributed by atoms with E-state index in [0.29, 0.717) is 22.9 Å². The Kier molecular flexibility index (Phi) is 3.91. The van der Waals surface area contributed by atoms with Crippen molar-refractivity contribution in [3.8, 4) is 0 Å². The zero-order valence-corrected chi connectivity index (χ0v) is 15.7. The van der Waals surface area contributed by atoms with E-state index >= 15 is 0 Å². The highest BCUT2D eigenvalue weighted by Gasteiger charge is 2.61. The lowest BCUT2D eigenvalue weighted by atomic mass is 9.84. The Morgan fingerprint density at radius 1 is 1.32 bits per heavy atom. The number of nitrogens with one attached hydrogen (secondary N) is 1. The molecule has 0 radical (unpaired) electrons. The van der Waals surface area contributed by atoms with E-state index in [0.717, 1.165) is 18.4 Å². The normalized spacial score (nSPS) is 25.6. The zero-order chi connectivity index (χ0) is 19.5. The van der Waals surface area contributed by atoms with E-state index in [1.807, 2.05) is 12.1 Å². The fourth-order valence-corrected chi connectivity index (χ4v) is 4.14. The second-order valence-corrected chi connectivity index (χ2v) is 8.28. The van der Waals surface area contributed by atoms with Gasteiger partial charge < -0.3 is 4.90 Å². The van der Waals surface area contributed by atoms with E-state index in [1.165, 1.54) is 22.9 Å². The van der Waals surface area contributed by atoms with Crippen molar-refractivity contribution in [2.75, 3.05) is 18.4 Å². The molecule has 0 bridgehead atoms. The summed E-state index contributed by atoms with van der Waals surface area (Å²) in [4.78, 5) is 34.6. The van der Waals surface area contributed by atoms with Crippen molar-refractivity contribution < 1.29 is 14.0 Å². The van der Waals surface area contributed by atoms with Crippen molar-refractivity contribution >= 4 is 29.4 Å². The van der Waals surface area contributed by atoms with Crippen LogP contribution in [0.4, 0.5) is 10.3 Å². The first-order chi connectivity index (χ1) is 13.5. The van der Waals surface area contributed by atoms with E-state index in [2.05, 4.69) is 15.3 Å². The molecule has 2 amide bonds. The summed E-state index contributed by atoms with van der Waals surface area (Å²) in [6.07, 6.45) is 4.45. The van der Waals surface area contributed by atoms with Crippen molar-refractivity contribution in [2.24, 2.45) is 0 Å². The van der Waals surface area contributed by atoms with Gasteiger partial charge in [0.25, 0.3) is 5.91 Å². The summed E-state index contributed by atoms with van der Waals surface area (Å²) in [5.41, 5.74) is 1.83. The quantitative estimate of drug-likeness (QED) is 0.855. The van der Waals surface area contributed by atoms with Gasteiger partial charge in [-0.25, -0.2) is 14.4 Å². The largest absolute Gasteiger partial charge is 0.328 e. The highest BCUT2D eigenvalue weighted by Crippen LogP contribution is 2.55. The highest BCUT2D eigenvalue weighted by atomic mass is 35.5. The van der Waals surface area contributed by atoms with Crippen LogP contribution in [0.1, 0.15) is 46.7 Å². The van der Waals surface area contributed by atoms with Gasteiger partial charge in [-0.1, -0.05) is 23.7 Å². The van der Waals surface area contributed by atoms with Gasteiger partial charge in [0.15, 0.2) is 0 Å². The second-order valence-electron chi connectivity index (χ2n) is 7.84. The summed E-state index contributed by atoms with van der Waals surface area (Å²) in [6.45, 7) is 0.0339. The number of halogens is 2. The summed E-state index contributed by atoms with van der Waals surface area (Å²) in [5, 5.41) is 2.90. The number of carbonyl (C=O) groups excluding carboxylic acids is 2. The Morgan fingerprint density at radius 2 is 2.04 bits per heavy atom. The maximum atomic E-state index is 14.4. The highest BCUT2D eigenvalue weighted by molar-refractivity contribution is 6.30. The van der Waals surface area contributed by atoms with Crippen LogP contribution in [0.2, 0.25) is 5.02 Å². The van der Waals surface area contributed by atoms with Crippen LogP contribution in [-0.4, -0.2) is 45.9 Å². The minimum absolute atomic E-state index is 0.109. The number of nitrogens with zero attached hydrogens (tertiary/aromatic N) is 3. The lowest BCUT2D eigenvalue weighted by Crippen LogP contribution is -2.47. The smallest absolute Gasteiger partial charge is 0.254 e. The number of amides is 2. The number of hydrogen-bond acceptors (Lipinski definition) is 4. The van der Waals surface area contributed by atoms with Crippen LogP contribution in [0.5, 0.6) is 0 Å². The summed E-state index contributed by atoms with van der Waals surface area (Å²) in [6, 6.07) is 5.77. The molecule has 2 fully saturated rings. The Balaban J connectivity index is 1.37. The predicted octanol–water partition coefficient (Wildman–Crippen LogP) is 3.08. The van der Waals surface area contributed by atoms with Crippen LogP contribution >= 0.6 is 11.6 Å². The molecule has 5 rings (SSSR count). The molecule has 28 heavy (non-hydrogen) atoms. The predicted molar refractivity (Wildman–Crippen MR) is 101 cm³/mol. The molecule has 0 saturated heterocycles. The van der Waals surface area contributed by atoms with Crippen molar-refractivity contribution in [3.63, 3.8) is 0 Å². The molecule has 2 aromatic rings. The first kappa shape index (κ1) is 17.6. The van der Waals surface area contributed by atoms with Crippen LogP contribution in [0.3, 0.4) is 0 Å². The van der Waals surface area contributed by atoms with Gasteiger partial charge in [-0.05, 0) is 42.4 Å². The van der Waals surface area contributed by atoms with Gasteiger partial charge in [-0.3, -0.25) is 14.9 Å². The van der Waals surface area contributed by atoms with E-state index in [-0.39, 0.29) is 24.9 Å². The first-order valence-corrected chi connectivity index (χ1v) is 9.69. The van der Waals surface area contributed by atoms with Gasteiger partial charge in [-0.15, -0.1) is 0 Å². The number of hydrogen-bond donors (Lipinski definition) is 1. The molecular weight excluding hydrogens is 383 g/mol. The third-order valence-corrected chi connectivity index (χ3v) is 6.00. The van der Waals surface area contributed by atoms with E-state index in [4.69, 9.17) is 11.6 Å². The number of anilines is 1. The molecule has 0 unspecified atom stereocenters. The Labute approximate surface area is 166 Å². The van der Waals surface area contributed by atoms with Crippen molar-refractivity contribution in [3.05, 3.63) is 52.3 Å². The van der Waals surface area contributed by atoms with Gasteiger partial charge >= 0.3 is 0 Å². The molecule has 8 heteroatoms. The molecule has 6 nitrogen and oxygen atoms in total. The number of alkyl halides is 1. The zero-order valence-electron chi connectivity index (χ0n) is 15.0. The maximum Gasteiger partial charge on any atom is 0.254 e. The Hall–Kier alpha value is -2.54. The molecule has 2 saturated carbocycles. The maximum absolute atomic E-state index is 14.4.